The average molecular weight is 391 g/mol. The van der Waals surface area contributed by atoms with Gasteiger partial charge in [0.2, 0.25) is 5.91 Å². The molecule has 2 aromatic rings. The second-order valence-electron chi connectivity index (χ2n) is 5.13. The molecule has 0 aromatic heterocycles. The van der Waals surface area contributed by atoms with E-state index >= 15 is 0 Å². The number of nitrogens with one attached hydrogen (secondary N) is 1. The van der Waals surface area contributed by atoms with E-state index in [2.05, 4.69) is 21.2 Å². The Morgan fingerprint density at radius 2 is 1.88 bits per heavy atom. The van der Waals surface area contributed by atoms with E-state index < -0.39 is 0 Å². The number of anilines is 1. The minimum atomic E-state index is -0.170. The highest BCUT2D eigenvalue weighted by atomic mass is 79.9. The fourth-order valence-corrected chi connectivity index (χ4v) is 2.50. The van der Waals surface area contributed by atoms with Crippen molar-refractivity contribution >= 4 is 33.4 Å². The molecule has 2 aromatic carbocycles. The normalized spacial score (nSPS) is 10.1. The van der Waals surface area contributed by atoms with Gasteiger partial charge in [0.1, 0.15) is 5.75 Å². The number of halogens is 1. The highest BCUT2D eigenvalue weighted by Crippen LogP contribution is 2.20. The number of benzene rings is 2. The molecule has 0 saturated carbocycles. The molecule has 0 bridgehead atoms. The van der Waals surface area contributed by atoms with Gasteiger partial charge in [-0.3, -0.25) is 9.59 Å². The highest BCUT2D eigenvalue weighted by Gasteiger charge is 2.13. The molecular formula is C18H19BrN2O3. The number of nitrogens with zero attached hydrogens (tertiary/aromatic N) is 1. The lowest BCUT2D eigenvalue weighted by molar-refractivity contribution is -0.116. The Morgan fingerprint density at radius 1 is 1.17 bits per heavy atom. The van der Waals surface area contributed by atoms with E-state index in [4.69, 9.17) is 4.74 Å². The summed E-state index contributed by atoms with van der Waals surface area (Å²) < 4.78 is 6.10. The SMILES string of the molecule is COc1cccc(N(CCNC(=O)c2ccc(Br)cc2)C(C)=O)c1. The van der Waals surface area contributed by atoms with Crippen LogP contribution in [0.5, 0.6) is 5.75 Å². The van der Waals surface area contributed by atoms with Gasteiger partial charge in [-0.25, -0.2) is 0 Å². The number of carbonyl (C=O) groups excluding carboxylic acids is 2. The minimum Gasteiger partial charge on any atom is -0.497 e. The summed E-state index contributed by atoms with van der Waals surface area (Å²) in [7, 11) is 1.58. The summed E-state index contributed by atoms with van der Waals surface area (Å²) >= 11 is 3.33. The van der Waals surface area contributed by atoms with Gasteiger partial charge < -0.3 is 15.0 Å². The average Bonchev–Trinajstić information content (AvgIpc) is 2.58. The van der Waals surface area contributed by atoms with Crippen molar-refractivity contribution in [2.45, 2.75) is 6.92 Å². The van der Waals surface area contributed by atoms with Gasteiger partial charge in [-0.05, 0) is 36.4 Å². The van der Waals surface area contributed by atoms with Crippen molar-refractivity contribution in [1.82, 2.24) is 5.32 Å². The van der Waals surface area contributed by atoms with Gasteiger partial charge in [0, 0.05) is 41.8 Å². The van der Waals surface area contributed by atoms with Crippen LogP contribution in [-0.4, -0.2) is 32.0 Å². The smallest absolute Gasteiger partial charge is 0.251 e. The molecule has 2 amide bonds. The van der Waals surface area contributed by atoms with Crippen LogP contribution in [0.3, 0.4) is 0 Å². The molecule has 0 fully saturated rings. The molecule has 0 spiro atoms. The van der Waals surface area contributed by atoms with Crippen molar-refractivity contribution in [3.05, 3.63) is 58.6 Å². The van der Waals surface area contributed by atoms with Crippen LogP contribution in [0.15, 0.2) is 53.0 Å². The maximum Gasteiger partial charge on any atom is 0.251 e. The summed E-state index contributed by atoms with van der Waals surface area (Å²) in [4.78, 5) is 25.6. The predicted molar refractivity (Wildman–Crippen MR) is 97.5 cm³/mol. The number of hydrogen-bond acceptors (Lipinski definition) is 3. The highest BCUT2D eigenvalue weighted by molar-refractivity contribution is 9.10. The fraction of sp³-hybridized carbons (Fsp3) is 0.222. The van der Waals surface area contributed by atoms with Gasteiger partial charge in [0.05, 0.1) is 7.11 Å². The van der Waals surface area contributed by atoms with Crippen LogP contribution in [0.1, 0.15) is 17.3 Å². The molecule has 126 valence electrons. The summed E-state index contributed by atoms with van der Waals surface area (Å²) in [6.45, 7) is 2.23. The molecule has 0 aliphatic heterocycles. The largest absolute Gasteiger partial charge is 0.497 e. The first-order valence-electron chi connectivity index (χ1n) is 7.47. The van der Waals surface area contributed by atoms with Gasteiger partial charge in [0.25, 0.3) is 5.91 Å². The standard InChI is InChI=1S/C18H19BrN2O3/c1-13(22)21(16-4-3-5-17(12-16)24-2)11-10-20-18(23)14-6-8-15(19)9-7-14/h3-9,12H,10-11H2,1-2H3,(H,20,23). The molecule has 0 heterocycles. The quantitative estimate of drug-likeness (QED) is 0.823. The third kappa shape index (κ3) is 4.83. The molecule has 0 radical (unpaired) electrons. The Labute approximate surface area is 149 Å². The van der Waals surface area contributed by atoms with Crippen molar-refractivity contribution in [2.75, 3.05) is 25.1 Å². The van der Waals surface area contributed by atoms with Gasteiger partial charge in [-0.1, -0.05) is 22.0 Å². The van der Waals surface area contributed by atoms with Crippen LogP contribution in [-0.2, 0) is 4.79 Å². The van der Waals surface area contributed by atoms with Crippen LogP contribution >= 0.6 is 15.9 Å². The molecular weight excluding hydrogens is 372 g/mol. The number of rotatable bonds is 6. The Bertz CT molecular complexity index is 716. The van der Waals surface area contributed by atoms with E-state index in [1.54, 1.807) is 30.2 Å². The second kappa shape index (κ2) is 8.49. The van der Waals surface area contributed by atoms with Crippen LogP contribution < -0.4 is 15.0 Å². The number of ether oxygens (including phenoxy) is 1. The van der Waals surface area contributed by atoms with E-state index in [0.29, 0.717) is 24.4 Å². The molecule has 0 saturated heterocycles. The zero-order valence-corrected chi connectivity index (χ0v) is 15.2. The van der Waals surface area contributed by atoms with E-state index in [1.807, 2.05) is 30.3 Å². The van der Waals surface area contributed by atoms with Crippen molar-refractivity contribution in [3.63, 3.8) is 0 Å². The van der Waals surface area contributed by atoms with E-state index in [1.165, 1.54) is 6.92 Å². The minimum absolute atomic E-state index is 0.0962. The second-order valence-corrected chi connectivity index (χ2v) is 6.05. The van der Waals surface area contributed by atoms with Gasteiger partial charge in [-0.2, -0.15) is 0 Å². The predicted octanol–water partition coefficient (Wildman–Crippen LogP) is 3.24. The molecule has 24 heavy (non-hydrogen) atoms. The maximum atomic E-state index is 12.1. The molecule has 0 atom stereocenters. The summed E-state index contributed by atoms with van der Waals surface area (Å²) in [6.07, 6.45) is 0. The lowest BCUT2D eigenvalue weighted by atomic mass is 10.2. The topological polar surface area (TPSA) is 58.6 Å². The molecule has 1 N–H and O–H groups in total. The first-order valence-corrected chi connectivity index (χ1v) is 8.26. The Hall–Kier alpha value is -2.34. The third-order valence-electron chi connectivity index (χ3n) is 3.47. The van der Waals surface area contributed by atoms with Crippen molar-refractivity contribution < 1.29 is 14.3 Å². The van der Waals surface area contributed by atoms with Crippen molar-refractivity contribution in [1.29, 1.82) is 0 Å². The summed E-state index contributed by atoms with van der Waals surface area (Å²) in [6, 6.07) is 14.4. The third-order valence-corrected chi connectivity index (χ3v) is 4.00. The number of carbonyl (C=O) groups is 2. The van der Waals surface area contributed by atoms with Crippen LogP contribution in [0.2, 0.25) is 0 Å². The van der Waals surface area contributed by atoms with Gasteiger partial charge in [-0.15, -0.1) is 0 Å². The van der Waals surface area contributed by atoms with Gasteiger partial charge >= 0.3 is 0 Å². The monoisotopic (exact) mass is 390 g/mol. The molecule has 0 aliphatic carbocycles. The van der Waals surface area contributed by atoms with Crippen LogP contribution in [0.4, 0.5) is 5.69 Å². The summed E-state index contributed by atoms with van der Waals surface area (Å²) in [5.41, 5.74) is 1.31. The summed E-state index contributed by atoms with van der Waals surface area (Å²) in [5, 5.41) is 2.82. The number of methoxy groups -OCH3 is 1. The van der Waals surface area contributed by atoms with E-state index in [0.717, 1.165) is 10.2 Å². The molecule has 5 nitrogen and oxygen atoms in total. The van der Waals surface area contributed by atoms with Crippen LogP contribution in [0, 0.1) is 0 Å². The van der Waals surface area contributed by atoms with Gasteiger partial charge in [0.15, 0.2) is 0 Å². The zero-order valence-electron chi connectivity index (χ0n) is 13.6. The first-order chi connectivity index (χ1) is 11.5. The zero-order chi connectivity index (χ0) is 17.5. The summed E-state index contributed by atoms with van der Waals surface area (Å²) in [5.74, 6) is 0.412. The van der Waals surface area contributed by atoms with E-state index in [9.17, 15) is 9.59 Å². The molecule has 6 heteroatoms. The number of hydrogen-bond donors (Lipinski definition) is 1. The van der Waals surface area contributed by atoms with Crippen LogP contribution in [0.25, 0.3) is 0 Å². The lowest BCUT2D eigenvalue weighted by Crippen LogP contribution is -2.37. The Balaban J connectivity index is 1.97. The fourth-order valence-electron chi connectivity index (χ4n) is 2.23. The van der Waals surface area contributed by atoms with Crippen molar-refractivity contribution in [3.8, 4) is 5.75 Å². The maximum absolute atomic E-state index is 12.1. The Morgan fingerprint density at radius 3 is 2.50 bits per heavy atom. The molecule has 0 unspecified atom stereocenters. The number of amides is 2. The lowest BCUT2D eigenvalue weighted by Gasteiger charge is -2.22. The van der Waals surface area contributed by atoms with Crippen molar-refractivity contribution in [2.24, 2.45) is 0 Å². The van der Waals surface area contributed by atoms with E-state index in [-0.39, 0.29) is 11.8 Å². The Kier molecular flexibility index (Phi) is 6.37. The first kappa shape index (κ1) is 18.0. The molecule has 0 aliphatic rings. The molecule has 2 rings (SSSR count).